The average molecular weight is 519 g/mol. The summed E-state index contributed by atoms with van der Waals surface area (Å²) in [5.41, 5.74) is 5.99. The number of rotatable bonds is 6. The third-order valence-corrected chi connectivity index (χ3v) is 6.16. The molecule has 1 amide bonds. The van der Waals surface area contributed by atoms with E-state index in [-0.39, 0.29) is 22.0 Å². The van der Waals surface area contributed by atoms with Gasteiger partial charge in [0.2, 0.25) is 0 Å². The molecule has 0 atom stereocenters. The molecule has 2 N–H and O–H groups in total. The monoisotopic (exact) mass is 518 g/mol. The first kappa shape index (κ1) is 24.5. The highest BCUT2D eigenvalue weighted by molar-refractivity contribution is 6.33. The predicted molar refractivity (Wildman–Crippen MR) is 146 cm³/mol. The van der Waals surface area contributed by atoms with E-state index in [4.69, 9.17) is 16.3 Å². The highest BCUT2D eigenvalue weighted by Gasteiger charge is 2.20. The zero-order chi connectivity index (χ0) is 26.5. The van der Waals surface area contributed by atoms with Gasteiger partial charge in [0.25, 0.3) is 5.91 Å². The van der Waals surface area contributed by atoms with E-state index < -0.39 is 11.9 Å². The topological polar surface area (TPSA) is 107 Å². The van der Waals surface area contributed by atoms with E-state index in [0.717, 1.165) is 10.9 Å². The number of carbonyl (C=O) groups excluding carboxylic acids is 2. The fourth-order valence-corrected chi connectivity index (χ4v) is 4.28. The maximum absolute atomic E-state index is 13.2. The zero-order valence-corrected chi connectivity index (χ0v) is 20.6. The van der Waals surface area contributed by atoms with Crippen LogP contribution in [0.4, 0.5) is 0 Å². The van der Waals surface area contributed by atoms with Gasteiger partial charge in [-0.25, -0.2) is 10.2 Å². The third kappa shape index (κ3) is 4.89. The van der Waals surface area contributed by atoms with E-state index >= 15 is 0 Å². The molecule has 0 aliphatic carbocycles. The summed E-state index contributed by atoms with van der Waals surface area (Å²) in [5, 5.41) is 14.7. The summed E-state index contributed by atoms with van der Waals surface area (Å²) in [6, 6.07) is 30.3. The molecule has 38 heavy (non-hydrogen) atoms. The number of hydrazone groups is 1. The summed E-state index contributed by atoms with van der Waals surface area (Å²) < 4.78 is 5.53. The summed E-state index contributed by atoms with van der Waals surface area (Å²) in [4.78, 5) is 29.0. The average Bonchev–Trinajstić information content (AvgIpc) is 3.34. The van der Waals surface area contributed by atoms with Gasteiger partial charge in [-0.1, -0.05) is 78.3 Å². The lowest BCUT2D eigenvalue weighted by molar-refractivity contribution is 0.0734. The molecule has 1 aromatic heterocycles. The molecule has 184 valence electrons. The van der Waals surface area contributed by atoms with Crippen LogP contribution in [0.3, 0.4) is 0 Å². The van der Waals surface area contributed by atoms with Crippen LogP contribution in [-0.4, -0.2) is 23.1 Å². The number of para-hydroxylation sites is 2. The number of halogens is 1. The molecule has 0 spiro atoms. The molecule has 0 fully saturated rings. The Morgan fingerprint density at radius 2 is 1.66 bits per heavy atom. The number of ether oxygens (including phenoxy) is 1. The number of hydrogen-bond acceptors (Lipinski definition) is 5. The number of fused-ring (bicyclic) bond motifs is 1. The fourth-order valence-electron chi connectivity index (χ4n) is 4.06. The lowest BCUT2D eigenvalue weighted by atomic mass is 10.0. The summed E-state index contributed by atoms with van der Waals surface area (Å²) in [7, 11) is 0. The summed E-state index contributed by atoms with van der Waals surface area (Å²) in [6.45, 7) is 0. The standard InChI is InChI=1S/C30H19ClN4O3/c31-24-15-6-5-13-22(24)30(37)38-25-16-7-4-11-21(25)18-33-35-29(36)28-26(19-9-2-1-3-10-19)23-14-8-12-20(17-32)27(23)34-28/h1-16,18,34H,(H,35,36). The van der Waals surface area contributed by atoms with Crippen LogP contribution < -0.4 is 10.2 Å². The largest absolute Gasteiger partial charge is 0.422 e. The number of amides is 1. The van der Waals surface area contributed by atoms with Crippen molar-refractivity contribution in [3.8, 4) is 22.9 Å². The van der Waals surface area contributed by atoms with E-state index in [1.165, 1.54) is 6.21 Å². The fraction of sp³-hybridized carbons (Fsp3) is 0. The summed E-state index contributed by atoms with van der Waals surface area (Å²) >= 11 is 6.11. The molecule has 7 nitrogen and oxygen atoms in total. The Morgan fingerprint density at radius 1 is 0.921 bits per heavy atom. The van der Waals surface area contributed by atoms with Gasteiger partial charge in [0.1, 0.15) is 17.5 Å². The minimum absolute atomic E-state index is 0.234. The molecule has 0 radical (unpaired) electrons. The Labute approximate surface area is 223 Å². The lowest BCUT2D eigenvalue weighted by Crippen LogP contribution is -2.19. The quantitative estimate of drug-likeness (QED) is 0.118. The molecule has 5 aromatic rings. The Kier molecular flexibility index (Phi) is 6.98. The summed E-state index contributed by atoms with van der Waals surface area (Å²) in [5.74, 6) is -0.852. The molecule has 0 aliphatic heterocycles. The number of nitrogens with zero attached hydrogens (tertiary/aromatic N) is 2. The number of nitrogens with one attached hydrogen (secondary N) is 2. The van der Waals surface area contributed by atoms with Crippen LogP contribution in [0.1, 0.15) is 32.0 Å². The molecule has 1 heterocycles. The number of H-pyrrole nitrogens is 1. The van der Waals surface area contributed by atoms with Gasteiger partial charge in [-0.05, 0) is 35.9 Å². The Morgan fingerprint density at radius 3 is 2.45 bits per heavy atom. The van der Waals surface area contributed by atoms with Crippen molar-refractivity contribution in [2.75, 3.05) is 0 Å². The van der Waals surface area contributed by atoms with Crippen LogP contribution in [0.2, 0.25) is 5.02 Å². The Hall–Kier alpha value is -5.19. The molecule has 0 aliphatic rings. The summed E-state index contributed by atoms with van der Waals surface area (Å²) in [6.07, 6.45) is 1.39. The van der Waals surface area contributed by atoms with Crippen molar-refractivity contribution >= 4 is 40.6 Å². The number of carbonyl (C=O) groups is 2. The highest BCUT2D eigenvalue weighted by Crippen LogP contribution is 2.34. The van der Waals surface area contributed by atoms with Crippen molar-refractivity contribution in [3.05, 3.63) is 124 Å². The van der Waals surface area contributed by atoms with Crippen molar-refractivity contribution in [2.45, 2.75) is 0 Å². The van der Waals surface area contributed by atoms with E-state index in [2.05, 4.69) is 21.6 Å². The maximum atomic E-state index is 13.2. The van der Waals surface area contributed by atoms with Crippen molar-refractivity contribution in [3.63, 3.8) is 0 Å². The second kappa shape index (κ2) is 10.8. The lowest BCUT2D eigenvalue weighted by Gasteiger charge is -2.08. The number of hydrogen-bond donors (Lipinski definition) is 2. The molecule has 0 bridgehead atoms. The third-order valence-electron chi connectivity index (χ3n) is 5.83. The molecular formula is C30H19ClN4O3. The molecule has 0 saturated heterocycles. The van der Waals surface area contributed by atoms with Crippen molar-refractivity contribution in [1.82, 2.24) is 10.4 Å². The number of nitriles is 1. The van der Waals surface area contributed by atoms with Crippen LogP contribution in [0.25, 0.3) is 22.0 Å². The number of esters is 1. The zero-order valence-electron chi connectivity index (χ0n) is 19.8. The van der Waals surface area contributed by atoms with Crippen LogP contribution in [-0.2, 0) is 0 Å². The normalized spacial score (nSPS) is 10.8. The van der Waals surface area contributed by atoms with Gasteiger partial charge in [0.15, 0.2) is 0 Å². The van der Waals surface area contributed by atoms with Gasteiger partial charge in [-0.15, -0.1) is 0 Å². The highest BCUT2D eigenvalue weighted by atomic mass is 35.5. The van der Waals surface area contributed by atoms with Gasteiger partial charge in [-0.2, -0.15) is 10.4 Å². The van der Waals surface area contributed by atoms with Gasteiger partial charge >= 0.3 is 5.97 Å². The second-order valence-electron chi connectivity index (χ2n) is 8.19. The molecule has 8 heteroatoms. The van der Waals surface area contributed by atoms with Crippen LogP contribution in [0.15, 0.2) is 102 Å². The molecule has 5 rings (SSSR count). The van der Waals surface area contributed by atoms with Crippen molar-refractivity contribution in [2.24, 2.45) is 5.10 Å². The number of aromatic nitrogens is 1. The Bertz CT molecular complexity index is 1740. The first-order valence-electron chi connectivity index (χ1n) is 11.6. The van der Waals surface area contributed by atoms with Gasteiger partial charge < -0.3 is 9.72 Å². The minimum atomic E-state index is -0.612. The first-order chi connectivity index (χ1) is 18.6. The van der Waals surface area contributed by atoms with E-state index in [0.29, 0.717) is 22.2 Å². The van der Waals surface area contributed by atoms with Crippen molar-refractivity contribution < 1.29 is 14.3 Å². The number of aromatic amines is 1. The van der Waals surface area contributed by atoms with Crippen molar-refractivity contribution in [1.29, 1.82) is 5.26 Å². The van der Waals surface area contributed by atoms with Gasteiger partial charge in [-0.3, -0.25) is 4.79 Å². The van der Waals surface area contributed by atoms with E-state index in [1.54, 1.807) is 60.7 Å². The molecule has 4 aromatic carbocycles. The Balaban J connectivity index is 1.42. The van der Waals surface area contributed by atoms with E-state index in [1.807, 2.05) is 36.4 Å². The number of benzene rings is 4. The minimum Gasteiger partial charge on any atom is -0.422 e. The van der Waals surface area contributed by atoms with Crippen LogP contribution in [0.5, 0.6) is 5.75 Å². The van der Waals surface area contributed by atoms with E-state index in [9.17, 15) is 14.9 Å². The van der Waals surface area contributed by atoms with Gasteiger partial charge in [0, 0.05) is 16.5 Å². The second-order valence-corrected chi connectivity index (χ2v) is 8.59. The maximum Gasteiger partial charge on any atom is 0.345 e. The smallest absolute Gasteiger partial charge is 0.345 e. The molecule has 0 unspecified atom stereocenters. The van der Waals surface area contributed by atoms with Crippen LogP contribution >= 0.6 is 11.6 Å². The molecule has 0 saturated carbocycles. The van der Waals surface area contributed by atoms with Crippen LogP contribution in [0, 0.1) is 11.3 Å². The molecular weight excluding hydrogens is 500 g/mol. The van der Waals surface area contributed by atoms with Gasteiger partial charge in [0.05, 0.1) is 27.9 Å². The first-order valence-corrected chi connectivity index (χ1v) is 11.9. The SMILES string of the molecule is N#Cc1cccc2c(-c3ccccc3)c(C(=O)NN=Cc3ccccc3OC(=O)c3ccccc3Cl)[nH]c12. The predicted octanol–water partition coefficient (Wildman–Crippen LogP) is 6.34.